The van der Waals surface area contributed by atoms with Gasteiger partial charge in [-0.1, -0.05) is 0 Å². The first-order valence-electron chi connectivity index (χ1n) is 0.548. The molecule has 0 saturated carbocycles. The van der Waals surface area contributed by atoms with Gasteiger partial charge in [-0.25, -0.2) is 0 Å². The van der Waals surface area contributed by atoms with Crippen LogP contribution in [0.4, 0.5) is 0 Å². The van der Waals surface area contributed by atoms with Crippen molar-refractivity contribution in [1.29, 1.82) is 0 Å². The molecule has 0 radical (unpaired) electrons. The summed E-state index contributed by atoms with van der Waals surface area (Å²) in [5, 5.41) is 14.8. The third-order valence-electron chi connectivity index (χ3n) is 0. The molecule has 0 heterocycles. The van der Waals surface area contributed by atoms with Gasteiger partial charge in [-0.05, 0) is 0 Å². The maximum atomic E-state index is 8.25. The van der Waals surface area contributed by atoms with Crippen LogP contribution in [0.5, 0.6) is 0 Å². The van der Waals surface area contributed by atoms with Crippen molar-refractivity contribution in [3.63, 3.8) is 0 Å². The average molecular weight is 382 g/mol. The van der Waals surface area contributed by atoms with E-state index in [2.05, 4.69) is 0 Å². The van der Waals surface area contributed by atoms with Crippen molar-refractivity contribution >= 4 is 26.2 Å². The summed E-state index contributed by atoms with van der Waals surface area (Å²) in [6.45, 7) is 0. The minimum absolute atomic E-state index is 0. The van der Waals surface area contributed by atoms with Crippen LogP contribution in [0.2, 0.25) is 0 Å². The molecular formula is H15BiNO9-. The second kappa shape index (κ2) is 95.2. The first kappa shape index (κ1) is 130. The molecule has 0 saturated heterocycles. The second-order valence-electron chi connectivity index (χ2n) is 0.224. The van der Waals surface area contributed by atoms with Crippen LogP contribution in [0.1, 0.15) is 0 Å². The molecule has 0 aliphatic rings. The Morgan fingerprint density at radius 1 is 0.727 bits per heavy atom. The fraction of sp³-hybridized carbons (Fsp3) is 0. The first-order chi connectivity index (χ1) is 1.73. The van der Waals surface area contributed by atoms with Crippen LogP contribution >= 0.6 is 0 Å². The van der Waals surface area contributed by atoms with Gasteiger partial charge in [0.05, 0.1) is 5.09 Å². The molecule has 0 bridgehead atoms. The topological polar surface area (TPSA) is 255 Å². The molecule has 11 heteroatoms. The van der Waals surface area contributed by atoms with E-state index >= 15 is 0 Å². The molecule has 0 aliphatic heterocycles. The van der Waals surface area contributed by atoms with E-state index in [0.717, 1.165) is 0 Å². The van der Waals surface area contributed by atoms with Crippen molar-refractivity contribution in [2.24, 2.45) is 0 Å². The number of hydrogen-bond acceptors (Lipinski definition) is 3. The Morgan fingerprint density at radius 2 is 0.727 bits per heavy atom. The van der Waals surface area contributed by atoms with Crippen LogP contribution in [0, 0.1) is 15.3 Å². The van der Waals surface area contributed by atoms with Crippen LogP contribution < -0.4 is 0 Å². The monoisotopic (exact) mass is 382 g/mol. The van der Waals surface area contributed by atoms with Crippen LogP contribution in [-0.2, 0) is 0 Å². The molecule has 0 unspecified atom stereocenters. The average Bonchev–Trinajstić information content (AvgIpc) is 0.811. The zero-order chi connectivity index (χ0) is 3.58. The van der Waals surface area contributed by atoms with Crippen molar-refractivity contribution in [1.82, 2.24) is 0 Å². The van der Waals surface area contributed by atoms with E-state index in [1.165, 1.54) is 0 Å². The molecule has 80 valence electrons. The Kier molecular flexibility index (Phi) is 1130. The van der Waals surface area contributed by atoms with Crippen molar-refractivity contribution < 1.29 is 37.9 Å². The van der Waals surface area contributed by atoms with Crippen molar-refractivity contribution in [3.05, 3.63) is 15.3 Å². The van der Waals surface area contributed by atoms with Gasteiger partial charge < -0.3 is 48.2 Å². The molecule has 11 heavy (non-hydrogen) atoms. The van der Waals surface area contributed by atoms with Crippen LogP contribution in [0.25, 0.3) is 0 Å². The third-order valence-corrected chi connectivity index (χ3v) is 0. The summed E-state index contributed by atoms with van der Waals surface area (Å²) in [4.78, 5) is 8.25. The molecule has 0 fully saturated rings. The van der Waals surface area contributed by atoms with E-state index in [4.69, 9.17) is 15.3 Å². The Bertz CT molecular complexity index is 32.5. The number of nitrogens with zero attached hydrogens (tertiary/aromatic N) is 1. The summed E-state index contributed by atoms with van der Waals surface area (Å²) in [5.74, 6) is 0. The first-order valence-corrected chi connectivity index (χ1v) is 0.548. The van der Waals surface area contributed by atoms with Crippen LogP contribution in [0.3, 0.4) is 0 Å². The van der Waals surface area contributed by atoms with Gasteiger partial charge in [0.15, 0.2) is 0 Å². The zero-order valence-electron chi connectivity index (χ0n) is 5.38. The van der Waals surface area contributed by atoms with E-state index in [1.807, 2.05) is 0 Å². The summed E-state index contributed by atoms with van der Waals surface area (Å²) >= 11 is 0. The quantitative estimate of drug-likeness (QED) is 0.225. The fourth-order valence-corrected chi connectivity index (χ4v) is 0. The number of hydrogen-bond donors (Lipinski definition) is 0. The Labute approximate surface area is 79.9 Å². The van der Waals surface area contributed by atoms with E-state index < -0.39 is 5.09 Å². The second-order valence-corrected chi connectivity index (χ2v) is 0.224. The Morgan fingerprint density at radius 3 is 0.727 bits per heavy atom. The molecule has 0 spiro atoms. The number of rotatable bonds is 0. The summed E-state index contributed by atoms with van der Waals surface area (Å²) in [6, 6.07) is 0. The zero-order valence-corrected chi connectivity index (χ0v) is 10.9. The predicted octanol–water partition coefficient (Wildman–Crippen LogP) is -6.37. The van der Waals surface area contributed by atoms with Gasteiger partial charge in [0.25, 0.3) is 0 Å². The van der Waals surface area contributed by atoms with Crippen LogP contribution in [-0.4, -0.2) is 64.1 Å². The van der Waals surface area contributed by atoms with E-state index in [0.29, 0.717) is 0 Å². The third kappa shape index (κ3) is 24600. The van der Waals surface area contributed by atoms with E-state index in [-0.39, 0.29) is 59.1 Å². The summed E-state index contributed by atoms with van der Waals surface area (Å²) in [7, 11) is 0. The van der Waals surface area contributed by atoms with Gasteiger partial charge in [-0.15, -0.1) is 0 Å². The fourth-order valence-electron chi connectivity index (χ4n) is 0. The van der Waals surface area contributed by atoms with Gasteiger partial charge in [0, 0.05) is 0 Å². The Hall–Kier alpha value is -0.157. The summed E-state index contributed by atoms with van der Waals surface area (Å²) in [6.07, 6.45) is 0. The minimum atomic E-state index is -1.75. The standard InChI is InChI=1S/Bi.NO3.6H2O.3H/c;2-1(3)4;;;;;;;;;/h;;6*1H2;;;/q;-1;;;;;;;;;. The van der Waals surface area contributed by atoms with E-state index in [9.17, 15) is 0 Å². The molecule has 0 aliphatic carbocycles. The van der Waals surface area contributed by atoms with Crippen molar-refractivity contribution in [3.8, 4) is 0 Å². The molecule has 10 nitrogen and oxygen atoms in total. The van der Waals surface area contributed by atoms with Crippen LogP contribution in [0.15, 0.2) is 0 Å². The Balaban J connectivity index is -0.00000000214. The molecule has 12 N–H and O–H groups in total. The molecule has 0 aromatic rings. The van der Waals surface area contributed by atoms with Gasteiger partial charge in [-0.2, -0.15) is 0 Å². The molecule has 0 rings (SSSR count). The van der Waals surface area contributed by atoms with Gasteiger partial charge in [0.2, 0.25) is 0 Å². The van der Waals surface area contributed by atoms with Gasteiger partial charge in [-0.3, -0.25) is 0 Å². The maximum absolute atomic E-state index is 8.25. The van der Waals surface area contributed by atoms with E-state index in [1.54, 1.807) is 0 Å². The normalized spacial score (nSPS) is 2.18. The molecule has 0 amide bonds. The molecular weight excluding hydrogens is 367 g/mol. The van der Waals surface area contributed by atoms with Crippen molar-refractivity contribution in [2.75, 3.05) is 0 Å². The molecule has 0 aromatic carbocycles. The van der Waals surface area contributed by atoms with Crippen molar-refractivity contribution in [2.45, 2.75) is 0 Å². The van der Waals surface area contributed by atoms with Gasteiger partial charge >= 0.3 is 26.2 Å². The summed E-state index contributed by atoms with van der Waals surface area (Å²) < 4.78 is 0. The SMILES string of the molecule is O.O.O.O.O.O.O=[N+]([O-])[O-].[BiH3]. The predicted molar refractivity (Wildman–Crippen MR) is 42.0 cm³/mol. The molecule has 0 atom stereocenters. The van der Waals surface area contributed by atoms with Gasteiger partial charge in [0.1, 0.15) is 0 Å². The molecule has 0 aromatic heterocycles. The summed E-state index contributed by atoms with van der Waals surface area (Å²) in [5.41, 5.74) is 0.